The zero-order valence-electron chi connectivity index (χ0n) is 7.55. The van der Waals surface area contributed by atoms with Crippen LogP contribution in [-0.2, 0) is 0 Å². The van der Waals surface area contributed by atoms with Crippen LogP contribution in [0.3, 0.4) is 0 Å². The summed E-state index contributed by atoms with van der Waals surface area (Å²) in [6.07, 6.45) is 9.72. The molecule has 0 bridgehead atoms. The van der Waals surface area contributed by atoms with Gasteiger partial charge in [-0.2, -0.15) is 0 Å². The second kappa shape index (κ2) is 4.06. The van der Waals surface area contributed by atoms with E-state index in [1.165, 1.54) is 32.2 Å². The first-order valence-electron chi connectivity index (χ1n) is 5.07. The van der Waals surface area contributed by atoms with Crippen molar-refractivity contribution < 1.29 is 0 Å². The van der Waals surface area contributed by atoms with Gasteiger partial charge in [0.15, 0.2) is 0 Å². The van der Waals surface area contributed by atoms with E-state index in [0.29, 0.717) is 0 Å². The van der Waals surface area contributed by atoms with Gasteiger partial charge in [-0.3, -0.25) is 0 Å². The van der Waals surface area contributed by atoms with Crippen molar-refractivity contribution in [3.8, 4) is 0 Å². The van der Waals surface area contributed by atoms with E-state index in [0.717, 1.165) is 18.6 Å². The van der Waals surface area contributed by atoms with Crippen molar-refractivity contribution in [1.82, 2.24) is 10.6 Å². The van der Waals surface area contributed by atoms with E-state index < -0.39 is 0 Å². The lowest BCUT2D eigenvalue weighted by atomic mass is 10.1. The zero-order valence-corrected chi connectivity index (χ0v) is 7.55. The summed E-state index contributed by atoms with van der Waals surface area (Å²) in [5, 5.41) is 7.12. The number of piperidine rings is 1. The minimum absolute atomic E-state index is 0.726. The Bertz CT molecular complexity index is 151. The fourth-order valence-corrected chi connectivity index (χ4v) is 2.08. The van der Waals surface area contributed by atoms with Crippen LogP contribution >= 0.6 is 0 Å². The number of hydrogen-bond donors (Lipinski definition) is 2. The first-order valence-corrected chi connectivity index (χ1v) is 5.07. The van der Waals surface area contributed by atoms with Crippen LogP contribution in [0, 0.1) is 0 Å². The van der Waals surface area contributed by atoms with E-state index in [-0.39, 0.29) is 0 Å². The highest BCUT2D eigenvalue weighted by Crippen LogP contribution is 2.12. The molecule has 2 N–H and O–H groups in total. The predicted molar refractivity (Wildman–Crippen MR) is 51.2 cm³/mol. The first-order chi connectivity index (χ1) is 5.95. The molecule has 68 valence electrons. The standard InChI is InChI=1S/C10H18N2/c1-2-5-9(4-1)12-10-6-3-7-11-8-10/h1-2,9-12H,3-8H2. The van der Waals surface area contributed by atoms with Gasteiger partial charge in [-0.05, 0) is 32.2 Å². The normalized spacial score (nSPS) is 31.2. The van der Waals surface area contributed by atoms with Crippen molar-refractivity contribution in [2.24, 2.45) is 0 Å². The van der Waals surface area contributed by atoms with E-state index in [4.69, 9.17) is 0 Å². The zero-order chi connectivity index (χ0) is 8.23. The van der Waals surface area contributed by atoms with Gasteiger partial charge in [0, 0.05) is 18.6 Å². The second-order valence-electron chi connectivity index (χ2n) is 3.85. The molecule has 1 unspecified atom stereocenters. The Balaban J connectivity index is 1.70. The Kier molecular flexibility index (Phi) is 2.79. The van der Waals surface area contributed by atoms with Crippen LogP contribution in [0.1, 0.15) is 25.7 Å². The van der Waals surface area contributed by atoms with Crippen LogP contribution in [0.2, 0.25) is 0 Å². The minimum atomic E-state index is 0.726. The van der Waals surface area contributed by atoms with Crippen LogP contribution < -0.4 is 10.6 Å². The highest BCUT2D eigenvalue weighted by atomic mass is 15.0. The summed E-state index contributed by atoms with van der Waals surface area (Å²) in [5.41, 5.74) is 0. The van der Waals surface area contributed by atoms with Gasteiger partial charge in [0.1, 0.15) is 0 Å². The maximum absolute atomic E-state index is 3.69. The molecule has 2 heteroatoms. The van der Waals surface area contributed by atoms with Crippen molar-refractivity contribution >= 4 is 0 Å². The van der Waals surface area contributed by atoms with E-state index in [9.17, 15) is 0 Å². The Hall–Kier alpha value is -0.340. The molecular weight excluding hydrogens is 148 g/mol. The minimum Gasteiger partial charge on any atom is -0.315 e. The SMILES string of the molecule is C1=CCC(NC2CCCNC2)C1. The van der Waals surface area contributed by atoms with Gasteiger partial charge in [0.25, 0.3) is 0 Å². The maximum atomic E-state index is 3.69. The van der Waals surface area contributed by atoms with Crippen LogP contribution in [0.15, 0.2) is 12.2 Å². The van der Waals surface area contributed by atoms with E-state index in [1.807, 2.05) is 0 Å². The molecular formula is C10H18N2. The third-order valence-corrected chi connectivity index (χ3v) is 2.78. The summed E-state index contributed by atoms with van der Waals surface area (Å²) in [4.78, 5) is 0. The lowest BCUT2D eigenvalue weighted by Crippen LogP contribution is -2.46. The second-order valence-corrected chi connectivity index (χ2v) is 3.85. The molecule has 2 rings (SSSR count). The first kappa shape index (κ1) is 8.27. The monoisotopic (exact) mass is 166 g/mol. The fraction of sp³-hybridized carbons (Fsp3) is 0.800. The van der Waals surface area contributed by atoms with Crippen molar-refractivity contribution in [2.45, 2.75) is 37.8 Å². The largest absolute Gasteiger partial charge is 0.315 e. The number of nitrogens with one attached hydrogen (secondary N) is 2. The fourth-order valence-electron chi connectivity index (χ4n) is 2.08. The third kappa shape index (κ3) is 2.08. The van der Waals surface area contributed by atoms with E-state index >= 15 is 0 Å². The van der Waals surface area contributed by atoms with Crippen molar-refractivity contribution in [3.63, 3.8) is 0 Å². The third-order valence-electron chi connectivity index (χ3n) is 2.78. The van der Waals surface area contributed by atoms with Gasteiger partial charge in [-0.1, -0.05) is 12.2 Å². The Morgan fingerprint density at radius 3 is 2.67 bits per heavy atom. The van der Waals surface area contributed by atoms with Crippen molar-refractivity contribution in [2.75, 3.05) is 13.1 Å². The highest BCUT2D eigenvalue weighted by Gasteiger charge is 2.17. The van der Waals surface area contributed by atoms with Gasteiger partial charge in [-0.25, -0.2) is 0 Å². The van der Waals surface area contributed by atoms with Gasteiger partial charge in [0.05, 0.1) is 0 Å². The molecule has 1 atom stereocenters. The summed E-state index contributed by atoms with van der Waals surface area (Å²) in [6.45, 7) is 2.37. The molecule has 1 saturated heterocycles. The highest BCUT2D eigenvalue weighted by molar-refractivity contribution is 4.98. The Morgan fingerprint density at radius 1 is 1.17 bits per heavy atom. The smallest absolute Gasteiger partial charge is 0.0195 e. The molecule has 1 heterocycles. The summed E-state index contributed by atoms with van der Waals surface area (Å²) < 4.78 is 0. The molecule has 0 spiro atoms. The molecule has 2 aliphatic rings. The van der Waals surface area contributed by atoms with Crippen molar-refractivity contribution in [3.05, 3.63) is 12.2 Å². The molecule has 0 aromatic carbocycles. The maximum Gasteiger partial charge on any atom is 0.0195 e. The Morgan fingerprint density at radius 2 is 2.00 bits per heavy atom. The van der Waals surface area contributed by atoms with Gasteiger partial charge >= 0.3 is 0 Å². The molecule has 1 aliphatic carbocycles. The molecule has 0 radical (unpaired) electrons. The molecule has 12 heavy (non-hydrogen) atoms. The molecule has 0 saturated carbocycles. The predicted octanol–water partition coefficient (Wildman–Crippen LogP) is 1.05. The van der Waals surface area contributed by atoms with E-state index in [1.54, 1.807) is 0 Å². The topological polar surface area (TPSA) is 24.1 Å². The molecule has 0 aromatic rings. The van der Waals surface area contributed by atoms with Gasteiger partial charge in [0.2, 0.25) is 0 Å². The average Bonchev–Trinajstić information content (AvgIpc) is 2.59. The van der Waals surface area contributed by atoms with Gasteiger partial charge in [-0.15, -0.1) is 0 Å². The molecule has 0 amide bonds. The lowest BCUT2D eigenvalue weighted by molar-refractivity contribution is 0.355. The quantitative estimate of drug-likeness (QED) is 0.599. The number of rotatable bonds is 2. The molecule has 1 aliphatic heterocycles. The van der Waals surface area contributed by atoms with Gasteiger partial charge < -0.3 is 10.6 Å². The van der Waals surface area contributed by atoms with Crippen molar-refractivity contribution in [1.29, 1.82) is 0 Å². The molecule has 0 aromatic heterocycles. The molecule has 2 nitrogen and oxygen atoms in total. The summed E-state index contributed by atoms with van der Waals surface area (Å²) >= 11 is 0. The average molecular weight is 166 g/mol. The van der Waals surface area contributed by atoms with Crippen LogP contribution in [0.4, 0.5) is 0 Å². The summed E-state index contributed by atoms with van der Waals surface area (Å²) in [7, 11) is 0. The summed E-state index contributed by atoms with van der Waals surface area (Å²) in [6, 6.07) is 1.46. The van der Waals surface area contributed by atoms with Crippen LogP contribution in [0.5, 0.6) is 0 Å². The summed E-state index contributed by atoms with van der Waals surface area (Å²) in [5.74, 6) is 0. The number of hydrogen-bond acceptors (Lipinski definition) is 2. The lowest BCUT2D eigenvalue weighted by Gasteiger charge is -2.27. The van der Waals surface area contributed by atoms with Crippen LogP contribution in [0.25, 0.3) is 0 Å². The Labute approximate surface area is 74.4 Å². The van der Waals surface area contributed by atoms with Crippen LogP contribution in [-0.4, -0.2) is 25.2 Å². The van der Waals surface area contributed by atoms with E-state index in [2.05, 4.69) is 22.8 Å². The molecule has 1 fully saturated rings.